The molecule has 29 heavy (non-hydrogen) atoms. The summed E-state index contributed by atoms with van der Waals surface area (Å²) in [5.74, 6) is 1.24. The highest BCUT2D eigenvalue weighted by Crippen LogP contribution is 2.21. The van der Waals surface area contributed by atoms with Crippen LogP contribution in [0.1, 0.15) is 11.1 Å². The maximum absolute atomic E-state index is 12.6. The summed E-state index contributed by atoms with van der Waals surface area (Å²) in [4.78, 5) is 14.7. The molecule has 0 unspecified atom stereocenters. The molecule has 7 nitrogen and oxygen atoms in total. The molecule has 1 heterocycles. The van der Waals surface area contributed by atoms with Crippen molar-refractivity contribution in [2.24, 2.45) is 0 Å². The average Bonchev–Trinajstić information content (AvgIpc) is 3.07. The van der Waals surface area contributed by atoms with Gasteiger partial charge in [0.05, 0.1) is 7.11 Å². The number of nitrogens with zero attached hydrogens (tertiary/aromatic N) is 3. The molecule has 0 saturated heterocycles. The standard InChI is InChI=1S/C21H25N5O2S/c1-25(2)13-17-7-5-4-6-16(17)12-22-19(27)14-26-20(23-24-21(26)29)15-8-10-18(28-3)11-9-15/h4-11H,12-14H2,1-3H3,(H,22,27)(H,24,29). The average molecular weight is 412 g/mol. The SMILES string of the molecule is COc1ccc(-c2n[nH]c(=S)n2CC(=O)NCc2ccccc2CN(C)C)cc1. The molecule has 0 aliphatic carbocycles. The zero-order valence-corrected chi connectivity index (χ0v) is 17.6. The summed E-state index contributed by atoms with van der Waals surface area (Å²) in [6.45, 7) is 1.37. The van der Waals surface area contributed by atoms with Crippen molar-refractivity contribution in [1.29, 1.82) is 0 Å². The van der Waals surface area contributed by atoms with Crippen LogP contribution < -0.4 is 10.1 Å². The maximum Gasteiger partial charge on any atom is 0.240 e. The first-order valence-corrected chi connectivity index (χ1v) is 9.66. The van der Waals surface area contributed by atoms with E-state index in [4.69, 9.17) is 17.0 Å². The third-order valence-corrected chi connectivity index (χ3v) is 4.80. The van der Waals surface area contributed by atoms with Gasteiger partial charge in [-0.3, -0.25) is 14.5 Å². The Balaban J connectivity index is 1.70. The second-order valence-corrected chi connectivity index (χ2v) is 7.34. The molecule has 0 saturated carbocycles. The highest BCUT2D eigenvalue weighted by Gasteiger charge is 2.13. The molecule has 2 N–H and O–H groups in total. The van der Waals surface area contributed by atoms with Gasteiger partial charge in [-0.15, -0.1) is 0 Å². The molecular formula is C21H25N5O2S. The minimum Gasteiger partial charge on any atom is -0.497 e. The van der Waals surface area contributed by atoms with Crippen LogP contribution in [-0.4, -0.2) is 46.8 Å². The Morgan fingerprint density at radius 1 is 1.17 bits per heavy atom. The molecule has 0 atom stereocenters. The van der Waals surface area contributed by atoms with Crippen molar-refractivity contribution < 1.29 is 9.53 Å². The third kappa shape index (κ3) is 5.30. The van der Waals surface area contributed by atoms with Gasteiger partial charge >= 0.3 is 0 Å². The van der Waals surface area contributed by atoms with Crippen molar-refractivity contribution in [2.75, 3.05) is 21.2 Å². The van der Waals surface area contributed by atoms with Gasteiger partial charge in [0.15, 0.2) is 10.6 Å². The van der Waals surface area contributed by atoms with E-state index in [-0.39, 0.29) is 12.5 Å². The normalized spacial score (nSPS) is 10.9. The van der Waals surface area contributed by atoms with E-state index in [9.17, 15) is 4.79 Å². The Hall–Kier alpha value is -2.97. The zero-order chi connectivity index (χ0) is 20.8. The molecule has 0 aliphatic rings. The van der Waals surface area contributed by atoms with Crippen LogP contribution in [0.5, 0.6) is 5.75 Å². The number of aromatic nitrogens is 3. The fourth-order valence-electron chi connectivity index (χ4n) is 3.04. The van der Waals surface area contributed by atoms with Gasteiger partial charge in [0.2, 0.25) is 5.91 Å². The van der Waals surface area contributed by atoms with Crippen molar-refractivity contribution >= 4 is 18.1 Å². The van der Waals surface area contributed by atoms with Crippen LogP contribution in [-0.2, 0) is 24.4 Å². The Bertz CT molecular complexity index is 1020. The van der Waals surface area contributed by atoms with Gasteiger partial charge in [-0.2, -0.15) is 5.10 Å². The van der Waals surface area contributed by atoms with Gasteiger partial charge in [0.1, 0.15) is 12.3 Å². The van der Waals surface area contributed by atoms with E-state index in [1.165, 1.54) is 5.56 Å². The number of nitrogens with one attached hydrogen (secondary N) is 2. The van der Waals surface area contributed by atoms with Gasteiger partial charge in [-0.05, 0) is 61.7 Å². The van der Waals surface area contributed by atoms with E-state index in [1.807, 2.05) is 56.6 Å². The van der Waals surface area contributed by atoms with Crippen LogP contribution in [0.3, 0.4) is 0 Å². The van der Waals surface area contributed by atoms with E-state index in [0.717, 1.165) is 23.4 Å². The summed E-state index contributed by atoms with van der Waals surface area (Å²) in [7, 11) is 5.67. The molecule has 0 fully saturated rings. The monoisotopic (exact) mass is 411 g/mol. The lowest BCUT2D eigenvalue weighted by molar-refractivity contribution is -0.121. The summed E-state index contributed by atoms with van der Waals surface area (Å²) in [5, 5.41) is 10.0. The van der Waals surface area contributed by atoms with Crippen molar-refractivity contribution in [2.45, 2.75) is 19.6 Å². The van der Waals surface area contributed by atoms with Gasteiger partial charge in [0, 0.05) is 18.7 Å². The molecule has 3 aromatic rings. The Morgan fingerprint density at radius 2 is 1.86 bits per heavy atom. The van der Waals surface area contributed by atoms with Crippen molar-refractivity contribution in [3.05, 3.63) is 64.4 Å². The molecule has 0 bridgehead atoms. The molecule has 2 aromatic carbocycles. The first-order chi connectivity index (χ1) is 14.0. The molecule has 152 valence electrons. The van der Waals surface area contributed by atoms with E-state index < -0.39 is 0 Å². The molecule has 0 aliphatic heterocycles. The minimum atomic E-state index is -0.128. The number of ether oxygens (including phenoxy) is 1. The van der Waals surface area contributed by atoms with Crippen LogP contribution in [0.4, 0.5) is 0 Å². The lowest BCUT2D eigenvalue weighted by Gasteiger charge is -2.15. The molecule has 3 rings (SSSR count). The largest absolute Gasteiger partial charge is 0.497 e. The zero-order valence-electron chi connectivity index (χ0n) is 16.8. The smallest absolute Gasteiger partial charge is 0.240 e. The highest BCUT2D eigenvalue weighted by molar-refractivity contribution is 7.71. The van der Waals surface area contributed by atoms with Crippen LogP contribution >= 0.6 is 12.2 Å². The molecule has 8 heteroatoms. The predicted molar refractivity (Wildman–Crippen MR) is 115 cm³/mol. The summed E-state index contributed by atoms with van der Waals surface area (Å²) in [5.41, 5.74) is 3.14. The van der Waals surface area contributed by atoms with E-state index in [1.54, 1.807) is 11.7 Å². The number of methoxy groups -OCH3 is 1. The molecule has 0 spiro atoms. The van der Waals surface area contributed by atoms with E-state index >= 15 is 0 Å². The van der Waals surface area contributed by atoms with Crippen LogP contribution in [0, 0.1) is 4.77 Å². The molecule has 1 aromatic heterocycles. The Labute approximate surface area is 175 Å². The van der Waals surface area contributed by atoms with Crippen LogP contribution in [0.2, 0.25) is 0 Å². The van der Waals surface area contributed by atoms with Crippen LogP contribution in [0.25, 0.3) is 11.4 Å². The highest BCUT2D eigenvalue weighted by atomic mass is 32.1. The Kier molecular flexibility index (Phi) is 6.79. The summed E-state index contributed by atoms with van der Waals surface area (Å²) < 4.78 is 7.28. The number of H-pyrrole nitrogens is 1. The van der Waals surface area contributed by atoms with Gasteiger partial charge < -0.3 is 15.0 Å². The molecule has 1 amide bonds. The van der Waals surface area contributed by atoms with Crippen molar-refractivity contribution in [3.8, 4) is 17.1 Å². The first-order valence-electron chi connectivity index (χ1n) is 9.25. The number of carbonyl (C=O) groups excluding carboxylic acids is 1. The predicted octanol–water partition coefficient (Wildman–Crippen LogP) is 2.99. The topological polar surface area (TPSA) is 75.2 Å². The van der Waals surface area contributed by atoms with Gasteiger partial charge in [-0.1, -0.05) is 24.3 Å². The first kappa shape index (κ1) is 20.8. The third-order valence-electron chi connectivity index (χ3n) is 4.49. The van der Waals surface area contributed by atoms with Crippen molar-refractivity contribution in [3.63, 3.8) is 0 Å². The van der Waals surface area contributed by atoms with E-state index in [0.29, 0.717) is 17.1 Å². The number of rotatable bonds is 8. The number of aromatic amines is 1. The lowest BCUT2D eigenvalue weighted by Crippen LogP contribution is -2.28. The van der Waals surface area contributed by atoms with Gasteiger partial charge in [-0.25, -0.2) is 0 Å². The van der Waals surface area contributed by atoms with Crippen LogP contribution in [0.15, 0.2) is 48.5 Å². The maximum atomic E-state index is 12.6. The molecule has 0 radical (unpaired) electrons. The van der Waals surface area contributed by atoms with Gasteiger partial charge in [0.25, 0.3) is 0 Å². The fraction of sp³-hybridized carbons (Fsp3) is 0.286. The number of hydrogen-bond donors (Lipinski definition) is 2. The quantitative estimate of drug-likeness (QED) is 0.558. The van der Waals surface area contributed by atoms with Crippen molar-refractivity contribution in [1.82, 2.24) is 25.0 Å². The number of hydrogen-bond acceptors (Lipinski definition) is 5. The fourth-order valence-corrected chi connectivity index (χ4v) is 3.24. The summed E-state index contributed by atoms with van der Waals surface area (Å²) in [6.07, 6.45) is 0. The minimum absolute atomic E-state index is 0.0898. The summed E-state index contributed by atoms with van der Waals surface area (Å²) >= 11 is 5.32. The molecular weight excluding hydrogens is 386 g/mol. The Morgan fingerprint density at radius 3 is 2.52 bits per heavy atom. The summed E-state index contributed by atoms with van der Waals surface area (Å²) in [6, 6.07) is 15.6. The second kappa shape index (κ2) is 9.49. The second-order valence-electron chi connectivity index (χ2n) is 6.95. The number of carbonyl (C=O) groups is 1. The lowest BCUT2D eigenvalue weighted by atomic mass is 10.1. The number of benzene rings is 2. The number of amides is 1. The van der Waals surface area contributed by atoms with E-state index in [2.05, 4.69) is 26.5 Å².